The van der Waals surface area contributed by atoms with Gasteiger partial charge in [0.15, 0.2) is 0 Å². The largest absolute Gasteiger partial charge is 0.299 e. The quantitative estimate of drug-likeness (QED) is 0.792. The van der Waals surface area contributed by atoms with Gasteiger partial charge >= 0.3 is 0 Å². The number of ketones is 1. The fraction of sp³-hybridized carbons (Fsp3) is 0.471. The Balaban J connectivity index is 2.05. The van der Waals surface area contributed by atoms with E-state index >= 15 is 0 Å². The molecule has 0 saturated heterocycles. The Morgan fingerprint density at radius 2 is 2.00 bits per heavy atom. The Bertz CT molecular complexity index is 544. The molecule has 1 aromatic carbocycles. The summed E-state index contributed by atoms with van der Waals surface area (Å²) in [5.74, 6) is 0.928. The number of thiol groups is 1. The van der Waals surface area contributed by atoms with Gasteiger partial charge in [0.2, 0.25) is 0 Å². The molecule has 2 fully saturated rings. The van der Waals surface area contributed by atoms with Gasteiger partial charge in [-0.1, -0.05) is 44.2 Å². The second-order valence-electron chi connectivity index (χ2n) is 6.43. The molecule has 2 atom stereocenters. The zero-order chi connectivity index (χ0) is 13.7. The van der Waals surface area contributed by atoms with Crippen LogP contribution in [0.3, 0.4) is 0 Å². The fourth-order valence-electron chi connectivity index (χ4n) is 4.11. The predicted octanol–water partition coefficient (Wildman–Crippen LogP) is 4.35. The van der Waals surface area contributed by atoms with Crippen molar-refractivity contribution < 1.29 is 4.79 Å². The lowest BCUT2D eigenvalue weighted by Crippen LogP contribution is -2.36. The van der Waals surface area contributed by atoms with Crippen molar-refractivity contribution in [1.82, 2.24) is 0 Å². The highest BCUT2D eigenvalue weighted by Gasteiger charge is 2.65. The highest BCUT2D eigenvalue weighted by Crippen LogP contribution is 2.67. The number of carbonyl (C=O) groups is 1. The standard InChI is InChI=1S/C17H20OS/c1-16(2)13-8-9-17(16,14(18)11-13)15(19)10-12-6-4-3-5-7-12/h3-7,10,13,19H,8-9,11H2,1-2H3. The molecular formula is C17H20OS. The van der Waals surface area contributed by atoms with Crippen LogP contribution in [0.25, 0.3) is 6.08 Å². The molecule has 0 heterocycles. The molecule has 0 radical (unpaired) electrons. The minimum Gasteiger partial charge on any atom is -0.299 e. The molecule has 2 aliphatic carbocycles. The fourth-order valence-corrected chi connectivity index (χ4v) is 4.78. The van der Waals surface area contributed by atoms with Crippen LogP contribution in [0.4, 0.5) is 0 Å². The summed E-state index contributed by atoms with van der Waals surface area (Å²) in [5.41, 5.74) is 0.837. The van der Waals surface area contributed by atoms with Crippen molar-refractivity contribution in [2.75, 3.05) is 0 Å². The monoisotopic (exact) mass is 272 g/mol. The van der Waals surface area contributed by atoms with Crippen LogP contribution < -0.4 is 0 Å². The number of allylic oxidation sites excluding steroid dienone is 1. The molecule has 0 aliphatic heterocycles. The van der Waals surface area contributed by atoms with Crippen LogP contribution in [-0.2, 0) is 4.79 Å². The number of Topliss-reactive ketones (excluding diaryl/α,β-unsaturated/α-hetero) is 1. The van der Waals surface area contributed by atoms with E-state index in [-0.39, 0.29) is 10.8 Å². The number of rotatable bonds is 2. The average molecular weight is 272 g/mol. The van der Waals surface area contributed by atoms with Crippen LogP contribution in [0, 0.1) is 16.7 Å². The van der Waals surface area contributed by atoms with Gasteiger partial charge in [0.05, 0.1) is 5.41 Å². The van der Waals surface area contributed by atoms with Crippen molar-refractivity contribution in [3.05, 3.63) is 40.8 Å². The van der Waals surface area contributed by atoms with E-state index in [4.69, 9.17) is 12.6 Å². The summed E-state index contributed by atoms with van der Waals surface area (Å²) in [6, 6.07) is 10.2. The smallest absolute Gasteiger partial charge is 0.144 e. The summed E-state index contributed by atoms with van der Waals surface area (Å²) in [5, 5.41) is 0. The Hall–Kier alpha value is -1.02. The molecule has 2 heteroatoms. The van der Waals surface area contributed by atoms with E-state index in [1.807, 2.05) is 18.2 Å². The van der Waals surface area contributed by atoms with Gasteiger partial charge in [0, 0.05) is 6.42 Å². The van der Waals surface area contributed by atoms with E-state index in [1.54, 1.807) is 0 Å². The third-order valence-corrected chi connectivity index (χ3v) is 5.95. The molecule has 2 bridgehead atoms. The first kappa shape index (κ1) is 13.0. The van der Waals surface area contributed by atoms with Gasteiger partial charge in [-0.15, -0.1) is 12.6 Å². The molecule has 0 amide bonds. The Morgan fingerprint density at radius 1 is 1.32 bits per heavy atom. The molecule has 0 N–H and O–H groups in total. The number of benzene rings is 1. The topological polar surface area (TPSA) is 17.1 Å². The Kier molecular flexibility index (Phi) is 2.90. The highest BCUT2D eigenvalue weighted by molar-refractivity contribution is 7.84. The summed E-state index contributed by atoms with van der Waals surface area (Å²) in [4.78, 5) is 13.5. The summed E-state index contributed by atoms with van der Waals surface area (Å²) in [6.07, 6.45) is 4.94. The number of carbonyl (C=O) groups excluding carboxylic acids is 1. The number of hydrogen-bond donors (Lipinski definition) is 1. The molecular weight excluding hydrogens is 252 g/mol. The Labute approximate surface area is 120 Å². The minimum absolute atomic E-state index is 0.0481. The normalized spacial score (nSPS) is 32.9. The van der Waals surface area contributed by atoms with Gasteiger partial charge < -0.3 is 0 Å². The average Bonchev–Trinajstić information content (AvgIpc) is 2.74. The molecule has 0 spiro atoms. The number of hydrogen-bond acceptors (Lipinski definition) is 2. The molecule has 1 nitrogen and oxygen atoms in total. The Morgan fingerprint density at radius 3 is 2.53 bits per heavy atom. The summed E-state index contributed by atoms with van der Waals surface area (Å²) >= 11 is 4.74. The third kappa shape index (κ3) is 1.66. The maximum absolute atomic E-state index is 12.5. The molecule has 1 aromatic rings. The van der Waals surface area contributed by atoms with Crippen LogP contribution >= 0.6 is 12.6 Å². The van der Waals surface area contributed by atoms with Crippen LogP contribution in [0.2, 0.25) is 0 Å². The first-order valence-corrected chi connectivity index (χ1v) is 7.43. The molecule has 19 heavy (non-hydrogen) atoms. The van der Waals surface area contributed by atoms with E-state index in [1.165, 1.54) is 0 Å². The van der Waals surface area contributed by atoms with Crippen molar-refractivity contribution in [1.29, 1.82) is 0 Å². The van der Waals surface area contributed by atoms with Crippen molar-refractivity contribution in [3.8, 4) is 0 Å². The molecule has 0 aromatic heterocycles. The third-order valence-electron chi connectivity index (χ3n) is 5.44. The molecule has 100 valence electrons. The molecule has 2 unspecified atom stereocenters. The lowest BCUT2D eigenvalue weighted by atomic mass is 9.68. The van der Waals surface area contributed by atoms with Crippen LogP contribution in [0.1, 0.15) is 38.7 Å². The van der Waals surface area contributed by atoms with Crippen molar-refractivity contribution in [3.63, 3.8) is 0 Å². The van der Waals surface area contributed by atoms with E-state index in [2.05, 4.69) is 32.1 Å². The van der Waals surface area contributed by atoms with E-state index in [9.17, 15) is 4.79 Å². The minimum atomic E-state index is -0.337. The zero-order valence-electron chi connectivity index (χ0n) is 11.5. The second kappa shape index (κ2) is 4.24. The maximum Gasteiger partial charge on any atom is 0.144 e. The second-order valence-corrected chi connectivity index (χ2v) is 6.91. The first-order chi connectivity index (χ1) is 8.98. The summed E-state index contributed by atoms with van der Waals surface area (Å²) in [6.45, 7) is 4.48. The van der Waals surface area contributed by atoms with Crippen molar-refractivity contribution in [2.45, 2.75) is 33.1 Å². The number of fused-ring (bicyclic) bond motifs is 2. The lowest BCUT2D eigenvalue weighted by molar-refractivity contribution is -0.126. The van der Waals surface area contributed by atoms with Crippen molar-refractivity contribution in [2.24, 2.45) is 16.7 Å². The van der Waals surface area contributed by atoms with Crippen molar-refractivity contribution >= 4 is 24.5 Å². The van der Waals surface area contributed by atoms with Gasteiger partial charge in [0.1, 0.15) is 5.78 Å². The van der Waals surface area contributed by atoms with E-state index in [0.29, 0.717) is 11.7 Å². The van der Waals surface area contributed by atoms with E-state index in [0.717, 1.165) is 29.7 Å². The summed E-state index contributed by atoms with van der Waals surface area (Å²) < 4.78 is 0. The maximum atomic E-state index is 12.5. The lowest BCUT2D eigenvalue weighted by Gasteiger charge is -2.37. The molecule has 2 aliphatic rings. The van der Waals surface area contributed by atoms with Crippen LogP contribution in [0.15, 0.2) is 35.2 Å². The zero-order valence-corrected chi connectivity index (χ0v) is 12.4. The van der Waals surface area contributed by atoms with Crippen LogP contribution in [-0.4, -0.2) is 5.78 Å². The van der Waals surface area contributed by atoms with Gasteiger partial charge in [-0.05, 0) is 40.7 Å². The summed E-state index contributed by atoms with van der Waals surface area (Å²) in [7, 11) is 0. The van der Waals surface area contributed by atoms with Gasteiger partial charge in [-0.2, -0.15) is 0 Å². The predicted molar refractivity (Wildman–Crippen MR) is 82.0 cm³/mol. The first-order valence-electron chi connectivity index (χ1n) is 6.98. The van der Waals surface area contributed by atoms with E-state index < -0.39 is 0 Å². The molecule has 3 rings (SSSR count). The van der Waals surface area contributed by atoms with Gasteiger partial charge in [-0.3, -0.25) is 4.79 Å². The van der Waals surface area contributed by atoms with Crippen LogP contribution in [0.5, 0.6) is 0 Å². The van der Waals surface area contributed by atoms with Gasteiger partial charge in [-0.25, -0.2) is 0 Å². The SMILES string of the molecule is CC1(C)C2CCC1(C(S)=Cc1ccccc1)C(=O)C2. The highest BCUT2D eigenvalue weighted by atomic mass is 32.1. The van der Waals surface area contributed by atoms with Gasteiger partial charge in [0.25, 0.3) is 0 Å². The molecule has 2 saturated carbocycles.